The lowest BCUT2D eigenvalue weighted by Crippen LogP contribution is -2.27. The van der Waals surface area contributed by atoms with Gasteiger partial charge in [-0.05, 0) is 38.0 Å². The van der Waals surface area contributed by atoms with Crippen molar-refractivity contribution in [3.05, 3.63) is 24.0 Å². The molecule has 0 aliphatic heterocycles. The van der Waals surface area contributed by atoms with Gasteiger partial charge in [-0.3, -0.25) is 4.79 Å². The van der Waals surface area contributed by atoms with Gasteiger partial charge in [0.25, 0.3) is 0 Å². The normalized spacial score (nSPS) is 16.8. The van der Waals surface area contributed by atoms with Crippen LogP contribution in [0.25, 0.3) is 0 Å². The molecule has 0 bridgehead atoms. The topological polar surface area (TPSA) is 75.3 Å². The Bertz CT molecular complexity index is 630. The van der Waals surface area contributed by atoms with Crippen molar-refractivity contribution in [2.75, 3.05) is 5.32 Å². The van der Waals surface area contributed by atoms with Crippen molar-refractivity contribution in [1.82, 2.24) is 4.72 Å². The van der Waals surface area contributed by atoms with E-state index in [4.69, 9.17) is 11.6 Å². The Balaban J connectivity index is 2.26. The highest BCUT2D eigenvalue weighted by molar-refractivity contribution is 7.89. The summed E-state index contributed by atoms with van der Waals surface area (Å²) in [5.74, 6) is -1.35. The zero-order valence-corrected chi connectivity index (χ0v) is 12.3. The van der Waals surface area contributed by atoms with Crippen LogP contribution in [0.5, 0.6) is 0 Å². The predicted molar refractivity (Wildman–Crippen MR) is 73.7 cm³/mol. The lowest BCUT2D eigenvalue weighted by Gasteiger charge is -2.10. The van der Waals surface area contributed by atoms with Gasteiger partial charge < -0.3 is 5.32 Å². The van der Waals surface area contributed by atoms with E-state index in [0.717, 1.165) is 25.0 Å². The number of alkyl halides is 1. The van der Waals surface area contributed by atoms with Gasteiger partial charge in [0.1, 0.15) is 16.1 Å². The lowest BCUT2D eigenvalue weighted by molar-refractivity contribution is -0.115. The molecule has 2 N–H and O–H groups in total. The first-order chi connectivity index (χ1) is 9.29. The molecule has 1 aliphatic rings. The Kier molecular flexibility index (Phi) is 4.31. The Morgan fingerprint density at radius 1 is 1.45 bits per heavy atom. The second-order valence-electron chi connectivity index (χ2n) is 4.65. The van der Waals surface area contributed by atoms with Crippen molar-refractivity contribution in [2.45, 2.75) is 36.1 Å². The molecule has 20 heavy (non-hydrogen) atoms. The Labute approximate surface area is 121 Å². The molecular weight excluding hydrogens is 307 g/mol. The molecule has 1 amide bonds. The minimum Gasteiger partial charge on any atom is -0.325 e. The number of hydrogen-bond donors (Lipinski definition) is 2. The Morgan fingerprint density at radius 3 is 2.65 bits per heavy atom. The number of benzene rings is 1. The number of rotatable bonds is 5. The van der Waals surface area contributed by atoms with Crippen molar-refractivity contribution in [2.24, 2.45) is 0 Å². The number of amides is 1. The Morgan fingerprint density at radius 2 is 2.10 bits per heavy atom. The fourth-order valence-electron chi connectivity index (χ4n) is 1.51. The van der Waals surface area contributed by atoms with Crippen LogP contribution in [0, 0.1) is 5.82 Å². The SMILES string of the molecule is CC(Cl)C(=O)Nc1ccc(F)c(S(=O)(=O)NC2CC2)c1. The van der Waals surface area contributed by atoms with E-state index >= 15 is 0 Å². The van der Waals surface area contributed by atoms with E-state index in [1.807, 2.05) is 0 Å². The summed E-state index contributed by atoms with van der Waals surface area (Å²) in [5, 5.41) is 1.65. The number of sulfonamides is 1. The van der Waals surface area contributed by atoms with Crippen LogP contribution in [0.15, 0.2) is 23.1 Å². The number of anilines is 1. The van der Waals surface area contributed by atoms with E-state index in [-0.39, 0.29) is 11.7 Å². The molecule has 0 saturated heterocycles. The standard InChI is InChI=1S/C12H14ClFN2O3S/c1-7(13)12(17)15-9-4-5-10(14)11(6-9)20(18,19)16-8-2-3-8/h4-8,16H,2-3H2,1H3,(H,15,17). The summed E-state index contributed by atoms with van der Waals surface area (Å²) in [5.41, 5.74) is 0.181. The van der Waals surface area contributed by atoms with E-state index < -0.39 is 32.0 Å². The molecule has 8 heteroatoms. The van der Waals surface area contributed by atoms with Gasteiger partial charge in [0.2, 0.25) is 15.9 Å². The summed E-state index contributed by atoms with van der Waals surface area (Å²) in [6.45, 7) is 1.48. The predicted octanol–water partition coefficient (Wildman–Crippen LogP) is 1.83. The maximum atomic E-state index is 13.7. The van der Waals surface area contributed by atoms with Crippen LogP contribution in [0.4, 0.5) is 10.1 Å². The summed E-state index contributed by atoms with van der Waals surface area (Å²) in [4.78, 5) is 11.0. The maximum Gasteiger partial charge on any atom is 0.243 e. The first-order valence-corrected chi connectivity index (χ1v) is 7.98. The van der Waals surface area contributed by atoms with Gasteiger partial charge in [-0.2, -0.15) is 0 Å². The molecule has 0 aromatic heterocycles. The quantitative estimate of drug-likeness (QED) is 0.813. The van der Waals surface area contributed by atoms with Gasteiger partial charge >= 0.3 is 0 Å². The van der Waals surface area contributed by atoms with Crippen molar-refractivity contribution in [3.63, 3.8) is 0 Å². The van der Waals surface area contributed by atoms with Crippen LogP contribution in [-0.2, 0) is 14.8 Å². The van der Waals surface area contributed by atoms with Crippen molar-refractivity contribution in [1.29, 1.82) is 0 Å². The molecule has 1 aromatic rings. The zero-order valence-electron chi connectivity index (χ0n) is 10.7. The molecule has 1 aliphatic carbocycles. The highest BCUT2D eigenvalue weighted by atomic mass is 35.5. The Hall–Kier alpha value is -1.18. The third-order valence-corrected chi connectivity index (χ3v) is 4.48. The maximum absolute atomic E-state index is 13.7. The zero-order chi connectivity index (χ0) is 14.9. The number of hydrogen-bond acceptors (Lipinski definition) is 3. The largest absolute Gasteiger partial charge is 0.325 e. The molecule has 0 heterocycles. The minimum absolute atomic E-state index is 0.125. The smallest absolute Gasteiger partial charge is 0.243 e. The molecule has 5 nitrogen and oxygen atoms in total. The van der Waals surface area contributed by atoms with E-state index in [0.29, 0.717) is 0 Å². The number of halogens is 2. The van der Waals surface area contributed by atoms with E-state index in [2.05, 4.69) is 10.0 Å². The molecule has 0 spiro atoms. The highest BCUT2D eigenvalue weighted by Gasteiger charge is 2.29. The average Bonchev–Trinajstić information content (AvgIpc) is 3.14. The second kappa shape index (κ2) is 5.67. The first kappa shape index (κ1) is 15.2. The van der Waals surface area contributed by atoms with Gasteiger partial charge in [-0.1, -0.05) is 0 Å². The number of nitrogens with one attached hydrogen (secondary N) is 2. The van der Waals surface area contributed by atoms with Crippen molar-refractivity contribution < 1.29 is 17.6 Å². The van der Waals surface area contributed by atoms with Crippen LogP contribution < -0.4 is 10.0 Å². The number of carbonyl (C=O) groups excluding carboxylic acids is 1. The van der Waals surface area contributed by atoms with Gasteiger partial charge in [0.15, 0.2) is 0 Å². The fraction of sp³-hybridized carbons (Fsp3) is 0.417. The first-order valence-electron chi connectivity index (χ1n) is 6.06. The molecular formula is C12H14ClFN2O3S. The molecule has 1 unspecified atom stereocenters. The van der Waals surface area contributed by atoms with Crippen LogP contribution in [0.3, 0.4) is 0 Å². The van der Waals surface area contributed by atoms with Crippen molar-refractivity contribution in [3.8, 4) is 0 Å². The summed E-state index contributed by atoms with van der Waals surface area (Å²) in [6, 6.07) is 3.23. The van der Waals surface area contributed by atoms with Gasteiger partial charge in [-0.25, -0.2) is 17.5 Å². The molecule has 2 rings (SSSR count). The average molecular weight is 321 g/mol. The second-order valence-corrected chi connectivity index (χ2v) is 6.98. The molecule has 1 fully saturated rings. The van der Waals surface area contributed by atoms with E-state index in [9.17, 15) is 17.6 Å². The van der Waals surface area contributed by atoms with Crippen molar-refractivity contribution >= 4 is 33.2 Å². The summed E-state index contributed by atoms with van der Waals surface area (Å²) in [7, 11) is -3.92. The summed E-state index contributed by atoms with van der Waals surface area (Å²) >= 11 is 5.60. The highest BCUT2D eigenvalue weighted by Crippen LogP contribution is 2.25. The molecule has 0 radical (unpaired) electrons. The third kappa shape index (κ3) is 3.68. The van der Waals surface area contributed by atoms with E-state index in [1.165, 1.54) is 13.0 Å². The molecule has 1 saturated carbocycles. The summed E-state index contributed by atoms with van der Waals surface area (Å²) in [6.07, 6.45) is 1.50. The van der Waals surface area contributed by atoms with Crippen LogP contribution >= 0.6 is 11.6 Å². The van der Waals surface area contributed by atoms with Gasteiger partial charge in [-0.15, -0.1) is 11.6 Å². The van der Waals surface area contributed by atoms with E-state index in [1.54, 1.807) is 0 Å². The molecule has 110 valence electrons. The van der Waals surface area contributed by atoms with Crippen LogP contribution in [-0.4, -0.2) is 25.7 Å². The van der Waals surface area contributed by atoms with Gasteiger partial charge in [0, 0.05) is 11.7 Å². The minimum atomic E-state index is -3.92. The fourth-order valence-corrected chi connectivity index (χ4v) is 2.98. The van der Waals surface area contributed by atoms with Crippen LogP contribution in [0.1, 0.15) is 19.8 Å². The molecule has 1 atom stereocenters. The lowest BCUT2D eigenvalue weighted by atomic mass is 10.3. The molecule has 1 aromatic carbocycles. The van der Waals surface area contributed by atoms with Crippen LogP contribution in [0.2, 0.25) is 0 Å². The number of carbonyl (C=O) groups is 1. The van der Waals surface area contributed by atoms with Gasteiger partial charge in [0.05, 0.1) is 0 Å². The summed E-state index contributed by atoms with van der Waals surface area (Å²) < 4.78 is 40.0. The third-order valence-electron chi connectivity index (χ3n) is 2.75. The monoisotopic (exact) mass is 320 g/mol.